The highest BCUT2D eigenvalue weighted by molar-refractivity contribution is 5.59. The first-order valence-corrected chi connectivity index (χ1v) is 4.88. The molecular weight excluding hydrogens is 249 g/mol. The smallest absolute Gasteiger partial charge is 0.416 e. The maximum atomic E-state index is 12.5. The van der Waals surface area contributed by atoms with E-state index in [4.69, 9.17) is 4.42 Å². The van der Waals surface area contributed by atoms with E-state index >= 15 is 0 Å². The molecule has 2 aromatic rings. The number of hydrogen-bond donors (Lipinski definition) is 1. The Kier molecular flexibility index (Phi) is 2.86. The molecule has 1 aromatic carbocycles. The van der Waals surface area contributed by atoms with Crippen LogP contribution in [0.25, 0.3) is 11.3 Å². The fraction of sp³-hybridized carbons (Fsp3) is 0.0833. The van der Waals surface area contributed by atoms with Crippen LogP contribution in [0.4, 0.5) is 13.2 Å². The molecule has 3 nitrogen and oxygen atoms in total. The molecule has 1 heterocycles. The second-order valence-corrected chi connectivity index (χ2v) is 3.58. The normalized spacial score (nSPS) is 11.5. The van der Waals surface area contributed by atoms with Crippen molar-refractivity contribution in [1.82, 2.24) is 0 Å². The van der Waals surface area contributed by atoms with Crippen LogP contribution in [0.3, 0.4) is 0 Å². The van der Waals surface area contributed by atoms with Gasteiger partial charge in [-0.05, 0) is 12.1 Å². The van der Waals surface area contributed by atoms with E-state index in [1.165, 1.54) is 12.1 Å². The predicted octanol–water partition coefficient (Wildman–Crippen LogP) is 3.03. The lowest BCUT2D eigenvalue weighted by Crippen LogP contribution is -2.04. The van der Waals surface area contributed by atoms with Gasteiger partial charge >= 0.3 is 11.8 Å². The molecule has 1 N–H and O–H groups in total. The molecule has 0 aliphatic heterocycles. The topological polar surface area (TPSA) is 50.4 Å². The second kappa shape index (κ2) is 4.21. The van der Waals surface area contributed by atoms with Crippen LogP contribution in [0, 0.1) is 0 Å². The van der Waals surface area contributed by atoms with Crippen LogP contribution in [-0.2, 0) is 6.18 Å². The highest BCUT2D eigenvalue weighted by atomic mass is 19.4. The van der Waals surface area contributed by atoms with Gasteiger partial charge in [0.2, 0.25) is 0 Å². The van der Waals surface area contributed by atoms with E-state index in [1.54, 1.807) is 0 Å². The van der Waals surface area contributed by atoms with Gasteiger partial charge in [-0.25, -0.2) is 4.79 Å². The van der Waals surface area contributed by atoms with Gasteiger partial charge in [-0.15, -0.1) is 0 Å². The van der Waals surface area contributed by atoms with Crippen molar-refractivity contribution in [3.8, 4) is 17.1 Å². The Hall–Kier alpha value is -2.24. The molecule has 0 atom stereocenters. The van der Waals surface area contributed by atoms with Crippen molar-refractivity contribution >= 4 is 0 Å². The maximum absolute atomic E-state index is 12.5. The molecule has 0 aliphatic rings. The first-order valence-electron chi connectivity index (χ1n) is 4.88. The fourth-order valence-electron chi connectivity index (χ4n) is 1.46. The summed E-state index contributed by atoms with van der Waals surface area (Å²) in [4.78, 5) is 11.0. The Bertz CT molecular complexity index is 629. The molecule has 18 heavy (non-hydrogen) atoms. The summed E-state index contributed by atoms with van der Waals surface area (Å²) in [6.07, 6.45) is -4.48. The Morgan fingerprint density at radius 2 is 1.83 bits per heavy atom. The lowest BCUT2D eigenvalue weighted by atomic mass is 10.1. The van der Waals surface area contributed by atoms with E-state index in [0.29, 0.717) is 0 Å². The monoisotopic (exact) mass is 256 g/mol. The number of aromatic hydroxyl groups is 1. The van der Waals surface area contributed by atoms with E-state index < -0.39 is 17.4 Å². The van der Waals surface area contributed by atoms with Gasteiger partial charge in [0.05, 0.1) is 11.6 Å². The molecule has 0 spiro atoms. The third-order valence-electron chi connectivity index (χ3n) is 2.23. The van der Waals surface area contributed by atoms with E-state index in [1.807, 2.05) is 0 Å². The van der Waals surface area contributed by atoms with Crippen LogP contribution in [0.2, 0.25) is 0 Å². The average molecular weight is 256 g/mol. The summed E-state index contributed by atoms with van der Waals surface area (Å²) in [5.74, 6) is -0.482. The van der Waals surface area contributed by atoms with Crippen LogP contribution in [0.1, 0.15) is 5.56 Å². The van der Waals surface area contributed by atoms with Crippen molar-refractivity contribution in [3.63, 3.8) is 0 Å². The zero-order chi connectivity index (χ0) is 13.3. The molecule has 6 heteroatoms. The molecule has 0 aliphatic carbocycles. The molecule has 0 saturated heterocycles. The van der Waals surface area contributed by atoms with Crippen molar-refractivity contribution in [2.24, 2.45) is 0 Å². The van der Waals surface area contributed by atoms with Crippen LogP contribution in [0.5, 0.6) is 5.75 Å². The molecule has 0 unspecified atom stereocenters. The molecule has 0 saturated carbocycles. The van der Waals surface area contributed by atoms with Crippen molar-refractivity contribution in [2.45, 2.75) is 6.18 Å². The fourth-order valence-corrected chi connectivity index (χ4v) is 1.46. The molecule has 0 radical (unpaired) electrons. The quantitative estimate of drug-likeness (QED) is 0.853. The van der Waals surface area contributed by atoms with Crippen LogP contribution in [0.15, 0.2) is 45.6 Å². The molecule has 94 valence electrons. The molecule has 0 fully saturated rings. The van der Waals surface area contributed by atoms with Gasteiger partial charge in [0, 0.05) is 11.6 Å². The van der Waals surface area contributed by atoms with E-state index in [-0.39, 0.29) is 17.1 Å². The second-order valence-electron chi connectivity index (χ2n) is 3.58. The first kappa shape index (κ1) is 12.2. The molecular formula is C12H7F3O3. The predicted molar refractivity (Wildman–Crippen MR) is 57.1 cm³/mol. The van der Waals surface area contributed by atoms with Gasteiger partial charge in [-0.2, -0.15) is 13.2 Å². The molecule has 1 aromatic heterocycles. The first-order chi connectivity index (χ1) is 8.36. The lowest BCUT2D eigenvalue weighted by Gasteiger charge is -2.08. The highest BCUT2D eigenvalue weighted by Crippen LogP contribution is 2.32. The number of halogens is 3. The Balaban J connectivity index is 2.54. The van der Waals surface area contributed by atoms with Crippen molar-refractivity contribution in [3.05, 3.63) is 52.4 Å². The molecule has 0 amide bonds. The van der Waals surface area contributed by atoms with Gasteiger partial charge in [0.1, 0.15) is 11.5 Å². The van der Waals surface area contributed by atoms with Gasteiger partial charge in [-0.1, -0.05) is 12.1 Å². The third-order valence-corrected chi connectivity index (χ3v) is 2.23. The van der Waals surface area contributed by atoms with Gasteiger partial charge < -0.3 is 9.52 Å². The number of alkyl halides is 3. The lowest BCUT2D eigenvalue weighted by molar-refractivity contribution is -0.137. The summed E-state index contributed by atoms with van der Waals surface area (Å²) in [6, 6.07) is 6.21. The molecule has 0 bridgehead atoms. The zero-order valence-corrected chi connectivity index (χ0v) is 8.86. The maximum Gasteiger partial charge on any atom is 0.416 e. The largest absolute Gasteiger partial charge is 0.508 e. The third kappa shape index (κ3) is 2.53. The van der Waals surface area contributed by atoms with E-state index in [2.05, 4.69) is 0 Å². The summed E-state index contributed by atoms with van der Waals surface area (Å²) < 4.78 is 42.2. The number of benzene rings is 1. The Morgan fingerprint density at radius 1 is 1.11 bits per heavy atom. The van der Waals surface area contributed by atoms with Crippen LogP contribution < -0.4 is 5.63 Å². The standard InChI is InChI=1S/C12H7F3O3/c13-12(14,15)8-3-1-2-7(4-8)10-5-9(16)6-11(17)18-10/h1-6,16H. The van der Waals surface area contributed by atoms with E-state index in [0.717, 1.165) is 24.3 Å². The van der Waals surface area contributed by atoms with E-state index in [9.17, 15) is 23.1 Å². The SMILES string of the molecule is O=c1cc(O)cc(-c2cccc(C(F)(F)F)c2)o1. The average Bonchev–Trinajstić information content (AvgIpc) is 2.27. The summed E-state index contributed by atoms with van der Waals surface area (Å²) >= 11 is 0. The molecule has 2 rings (SSSR count). The minimum Gasteiger partial charge on any atom is -0.508 e. The van der Waals surface area contributed by atoms with Gasteiger partial charge in [0.25, 0.3) is 0 Å². The number of hydrogen-bond acceptors (Lipinski definition) is 3. The van der Waals surface area contributed by atoms with Crippen molar-refractivity contribution < 1.29 is 22.7 Å². The summed E-state index contributed by atoms with van der Waals surface area (Å²) in [5.41, 5.74) is -1.62. The van der Waals surface area contributed by atoms with Crippen molar-refractivity contribution in [1.29, 1.82) is 0 Å². The zero-order valence-electron chi connectivity index (χ0n) is 8.86. The van der Waals surface area contributed by atoms with Gasteiger partial charge in [-0.3, -0.25) is 0 Å². The van der Waals surface area contributed by atoms with Crippen molar-refractivity contribution in [2.75, 3.05) is 0 Å². The minimum absolute atomic E-state index is 0.0674. The van der Waals surface area contributed by atoms with Gasteiger partial charge in [0.15, 0.2) is 0 Å². The highest BCUT2D eigenvalue weighted by Gasteiger charge is 2.30. The Labute approximate surface area is 99.1 Å². The summed E-state index contributed by atoms with van der Waals surface area (Å²) in [7, 11) is 0. The Morgan fingerprint density at radius 3 is 2.44 bits per heavy atom. The van der Waals surface area contributed by atoms with Crippen LogP contribution in [-0.4, -0.2) is 5.11 Å². The number of rotatable bonds is 1. The van der Waals surface area contributed by atoms with Crippen LogP contribution >= 0.6 is 0 Å². The minimum atomic E-state index is -4.48. The summed E-state index contributed by atoms with van der Waals surface area (Å²) in [5, 5.41) is 9.20. The summed E-state index contributed by atoms with van der Waals surface area (Å²) in [6.45, 7) is 0.